The zero-order valence-electron chi connectivity index (χ0n) is 16.1. The summed E-state index contributed by atoms with van der Waals surface area (Å²) in [4.78, 5) is 16.9. The number of benzene rings is 2. The fraction of sp³-hybridized carbons (Fsp3) is 0.143. The van der Waals surface area contributed by atoms with Gasteiger partial charge in [0.25, 0.3) is 0 Å². The Balaban J connectivity index is 1.68. The molecule has 1 aliphatic rings. The van der Waals surface area contributed by atoms with Gasteiger partial charge in [-0.15, -0.1) is 11.3 Å². The molecule has 30 heavy (non-hydrogen) atoms. The lowest BCUT2D eigenvalue weighted by molar-refractivity contribution is 0.104. The van der Waals surface area contributed by atoms with Gasteiger partial charge in [-0.3, -0.25) is 4.79 Å². The van der Waals surface area contributed by atoms with Crippen LogP contribution in [0.1, 0.15) is 15.2 Å². The van der Waals surface area contributed by atoms with E-state index in [4.69, 9.17) is 31.3 Å². The molecule has 1 aliphatic heterocycles. The Morgan fingerprint density at radius 3 is 2.63 bits per heavy atom. The first kappa shape index (κ1) is 19.4. The maximum Gasteiger partial charge on any atom is 0.243 e. The first-order valence-corrected chi connectivity index (χ1v) is 9.60. The summed E-state index contributed by atoms with van der Waals surface area (Å²) in [5.74, 6) is 1.90. The van der Waals surface area contributed by atoms with Gasteiger partial charge in [-0.25, -0.2) is 4.85 Å². The van der Waals surface area contributed by atoms with E-state index in [1.54, 1.807) is 36.4 Å². The van der Waals surface area contributed by atoms with Gasteiger partial charge < -0.3 is 30.0 Å². The Morgan fingerprint density at radius 2 is 1.90 bits per heavy atom. The second kappa shape index (κ2) is 7.85. The van der Waals surface area contributed by atoms with Crippen LogP contribution in [-0.2, 0) is 0 Å². The quantitative estimate of drug-likeness (QED) is 0.442. The van der Waals surface area contributed by atoms with Gasteiger partial charge >= 0.3 is 0 Å². The third-order valence-corrected chi connectivity index (χ3v) is 5.62. The van der Waals surface area contributed by atoms with Gasteiger partial charge in [-0.05, 0) is 30.3 Å². The second-order valence-electron chi connectivity index (χ2n) is 6.23. The van der Waals surface area contributed by atoms with Gasteiger partial charge in [0.15, 0.2) is 23.0 Å². The Bertz CT molecular complexity index is 1180. The Labute approximate surface area is 176 Å². The van der Waals surface area contributed by atoms with Crippen molar-refractivity contribution >= 4 is 39.2 Å². The number of hydrogen-bond donors (Lipinski definition) is 2. The summed E-state index contributed by atoms with van der Waals surface area (Å²) in [6, 6.07) is 10.2. The third kappa shape index (κ3) is 3.33. The number of ether oxygens (including phenoxy) is 4. The van der Waals surface area contributed by atoms with Crippen molar-refractivity contribution in [2.75, 3.05) is 32.1 Å². The molecule has 0 amide bonds. The average molecular weight is 423 g/mol. The molecule has 0 aliphatic carbocycles. The lowest BCUT2D eigenvalue weighted by atomic mass is 10.1. The van der Waals surface area contributed by atoms with Gasteiger partial charge in [0, 0.05) is 17.3 Å². The SMILES string of the molecule is [C-]#[N+]c1c(Nc2ccc3c(c2)OCO3)sc(C(=O)c2ccc(OC)c(OC)c2)c1N. The van der Waals surface area contributed by atoms with Crippen molar-refractivity contribution in [1.29, 1.82) is 0 Å². The molecular weight excluding hydrogens is 406 g/mol. The molecule has 2 aromatic carbocycles. The monoisotopic (exact) mass is 423 g/mol. The minimum absolute atomic E-state index is 0.137. The molecule has 8 nitrogen and oxygen atoms in total. The molecule has 3 N–H and O–H groups in total. The fourth-order valence-electron chi connectivity index (χ4n) is 3.01. The molecule has 0 spiro atoms. The number of nitrogens with two attached hydrogens (primary N) is 1. The largest absolute Gasteiger partial charge is 0.493 e. The molecule has 2 heterocycles. The number of methoxy groups -OCH3 is 2. The number of nitrogens with zero attached hydrogens (tertiary/aromatic N) is 1. The highest BCUT2D eigenvalue weighted by molar-refractivity contribution is 7.19. The Hall–Kier alpha value is -3.90. The van der Waals surface area contributed by atoms with Gasteiger partial charge in [-0.2, -0.15) is 0 Å². The van der Waals surface area contributed by atoms with Crippen molar-refractivity contribution in [2.24, 2.45) is 0 Å². The van der Waals surface area contributed by atoms with E-state index in [-0.39, 0.29) is 28.8 Å². The number of hydrogen-bond acceptors (Lipinski definition) is 8. The van der Waals surface area contributed by atoms with E-state index < -0.39 is 0 Å². The summed E-state index contributed by atoms with van der Waals surface area (Å²) in [5.41, 5.74) is 7.56. The number of ketones is 1. The molecule has 3 aromatic rings. The number of carbonyl (C=O) groups is 1. The number of nitrogen functional groups attached to an aromatic ring is 1. The fourth-order valence-corrected chi connectivity index (χ4v) is 4.06. The van der Waals surface area contributed by atoms with Crippen LogP contribution >= 0.6 is 11.3 Å². The van der Waals surface area contributed by atoms with Crippen LogP contribution < -0.4 is 30.0 Å². The molecule has 0 saturated heterocycles. The Morgan fingerprint density at radius 1 is 1.13 bits per heavy atom. The van der Waals surface area contributed by atoms with E-state index in [1.807, 2.05) is 0 Å². The molecule has 9 heteroatoms. The molecule has 0 bridgehead atoms. The maximum atomic E-state index is 13.1. The van der Waals surface area contributed by atoms with E-state index in [0.29, 0.717) is 39.2 Å². The summed E-state index contributed by atoms with van der Waals surface area (Å²) in [6.45, 7) is 7.68. The number of rotatable bonds is 6. The summed E-state index contributed by atoms with van der Waals surface area (Å²) >= 11 is 1.12. The van der Waals surface area contributed by atoms with Gasteiger partial charge in [0.05, 0.1) is 31.4 Å². The van der Waals surface area contributed by atoms with Gasteiger partial charge in [0.2, 0.25) is 18.3 Å². The zero-order chi connectivity index (χ0) is 21.3. The van der Waals surface area contributed by atoms with Crippen molar-refractivity contribution in [1.82, 2.24) is 0 Å². The summed E-state index contributed by atoms with van der Waals surface area (Å²) < 4.78 is 21.2. The van der Waals surface area contributed by atoms with E-state index in [2.05, 4.69) is 10.2 Å². The normalized spacial score (nSPS) is 11.6. The van der Waals surface area contributed by atoms with Gasteiger partial charge in [-0.1, -0.05) is 0 Å². The molecule has 0 fully saturated rings. The molecule has 0 unspecified atom stereocenters. The molecule has 152 valence electrons. The van der Waals surface area contributed by atoms with Gasteiger partial charge in [0.1, 0.15) is 5.00 Å². The first-order chi connectivity index (χ1) is 14.5. The molecule has 0 atom stereocenters. The molecular formula is C21H17N3O5S. The van der Waals surface area contributed by atoms with E-state index in [1.165, 1.54) is 14.2 Å². The molecule has 4 rings (SSSR count). The standard InChI is InChI=1S/C21H17N3O5S/c1-23-18-17(22)20(19(25)11-4-6-13(26-2)15(8-11)27-3)30-21(18)24-12-5-7-14-16(9-12)29-10-28-14/h4-9,24H,10,22H2,2-3H3. The van der Waals surface area contributed by atoms with Crippen molar-refractivity contribution in [3.05, 3.63) is 58.3 Å². The third-order valence-electron chi connectivity index (χ3n) is 4.51. The lowest BCUT2D eigenvalue weighted by Crippen LogP contribution is -2.03. The average Bonchev–Trinajstić information content (AvgIpc) is 3.36. The van der Waals surface area contributed by atoms with Crippen LogP contribution in [0.25, 0.3) is 4.85 Å². The second-order valence-corrected chi connectivity index (χ2v) is 7.25. The lowest BCUT2D eigenvalue weighted by Gasteiger charge is -2.09. The molecule has 1 aromatic heterocycles. The van der Waals surface area contributed by atoms with E-state index in [9.17, 15) is 4.79 Å². The van der Waals surface area contributed by atoms with Crippen LogP contribution in [0, 0.1) is 6.57 Å². The maximum absolute atomic E-state index is 13.1. The minimum Gasteiger partial charge on any atom is -0.493 e. The van der Waals surface area contributed by atoms with Crippen molar-refractivity contribution in [2.45, 2.75) is 0 Å². The van der Waals surface area contributed by atoms with E-state index in [0.717, 1.165) is 11.3 Å². The number of thiophene rings is 1. The Kier molecular flexibility index (Phi) is 5.08. The predicted molar refractivity (Wildman–Crippen MR) is 114 cm³/mol. The minimum atomic E-state index is -0.304. The summed E-state index contributed by atoms with van der Waals surface area (Å²) in [5, 5.41) is 3.63. The van der Waals surface area contributed by atoms with E-state index >= 15 is 0 Å². The highest BCUT2D eigenvalue weighted by Crippen LogP contribution is 2.46. The van der Waals surface area contributed by atoms with Crippen molar-refractivity contribution < 1.29 is 23.7 Å². The van der Waals surface area contributed by atoms with Crippen LogP contribution in [0.3, 0.4) is 0 Å². The topological polar surface area (TPSA) is 96.4 Å². The smallest absolute Gasteiger partial charge is 0.243 e. The number of anilines is 3. The van der Waals surface area contributed by atoms with Crippen LogP contribution in [0.2, 0.25) is 0 Å². The predicted octanol–water partition coefficient (Wildman–Crippen LogP) is 4.60. The van der Waals surface area contributed by atoms with Crippen LogP contribution in [0.5, 0.6) is 23.0 Å². The van der Waals surface area contributed by atoms with Crippen LogP contribution in [0.4, 0.5) is 22.1 Å². The highest BCUT2D eigenvalue weighted by atomic mass is 32.1. The summed E-state index contributed by atoms with van der Waals surface area (Å²) in [6.07, 6.45) is 0. The van der Waals surface area contributed by atoms with Crippen molar-refractivity contribution in [3.8, 4) is 23.0 Å². The zero-order valence-corrected chi connectivity index (χ0v) is 17.0. The number of nitrogens with one attached hydrogen (secondary N) is 1. The summed E-state index contributed by atoms with van der Waals surface area (Å²) in [7, 11) is 3.02. The first-order valence-electron chi connectivity index (χ1n) is 8.78. The van der Waals surface area contributed by atoms with Crippen molar-refractivity contribution in [3.63, 3.8) is 0 Å². The van der Waals surface area contributed by atoms with Crippen LogP contribution in [0.15, 0.2) is 36.4 Å². The highest BCUT2D eigenvalue weighted by Gasteiger charge is 2.24. The van der Waals surface area contributed by atoms with Crippen LogP contribution in [-0.4, -0.2) is 26.8 Å². The number of carbonyl (C=O) groups excluding carboxylic acids is 1. The molecule has 0 radical (unpaired) electrons. The number of fused-ring (bicyclic) bond motifs is 1. The molecule has 0 saturated carbocycles.